The van der Waals surface area contributed by atoms with Gasteiger partial charge in [0.15, 0.2) is 0 Å². The van der Waals surface area contributed by atoms with E-state index in [0.717, 1.165) is 5.56 Å². The maximum absolute atomic E-state index is 13.1. The Morgan fingerprint density at radius 1 is 0.692 bits per heavy atom. The van der Waals surface area contributed by atoms with E-state index in [-0.39, 0.29) is 15.4 Å². The highest BCUT2D eigenvalue weighted by Gasteiger charge is 2.21. The van der Waals surface area contributed by atoms with Crippen LogP contribution >= 0.6 is 11.6 Å². The molecule has 4 rings (SSSR count). The maximum Gasteiger partial charge on any atom is 0.262 e. The van der Waals surface area contributed by atoms with Crippen LogP contribution in [0.4, 0.5) is 17.1 Å². The molecule has 8 nitrogen and oxygen atoms in total. The molecule has 0 bridgehead atoms. The molecule has 1 amide bonds. The molecular formula is C28H26ClN3O5S2. The Labute approximate surface area is 233 Å². The third-order valence-corrected chi connectivity index (χ3v) is 9.36. The van der Waals surface area contributed by atoms with Crippen LogP contribution in [0.25, 0.3) is 0 Å². The van der Waals surface area contributed by atoms with Crippen molar-refractivity contribution in [2.24, 2.45) is 0 Å². The predicted octanol–water partition coefficient (Wildman–Crippen LogP) is 6.12. The molecule has 11 heteroatoms. The summed E-state index contributed by atoms with van der Waals surface area (Å²) in [5.74, 6) is -0.550. The van der Waals surface area contributed by atoms with Crippen molar-refractivity contribution in [1.82, 2.24) is 0 Å². The number of para-hydroxylation sites is 1. The molecule has 0 radical (unpaired) electrons. The molecule has 0 heterocycles. The predicted molar refractivity (Wildman–Crippen MR) is 155 cm³/mol. The second-order valence-corrected chi connectivity index (χ2v) is 12.6. The number of sulfonamides is 2. The Kier molecular flexibility index (Phi) is 8.01. The van der Waals surface area contributed by atoms with E-state index in [1.165, 1.54) is 36.4 Å². The van der Waals surface area contributed by atoms with E-state index in [2.05, 4.69) is 14.8 Å². The Morgan fingerprint density at radius 2 is 1.33 bits per heavy atom. The average molecular weight is 584 g/mol. The van der Waals surface area contributed by atoms with Gasteiger partial charge in [-0.3, -0.25) is 14.2 Å². The minimum Gasteiger partial charge on any atom is -0.322 e. The van der Waals surface area contributed by atoms with Crippen molar-refractivity contribution < 1.29 is 21.6 Å². The number of hydrogen-bond donors (Lipinski definition) is 3. The van der Waals surface area contributed by atoms with Gasteiger partial charge < -0.3 is 5.32 Å². The summed E-state index contributed by atoms with van der Waals surface area (Å²) in [5.41, 5.74) is 3.10. The van der Waals surface area contributed by atoms with Gasteiger partial charge in [0, 0.05) is 16.3 Å². The molecular weight excluding hydrogens is 558 g/mol. The van der Waals surface area contributed by atoms with Crippen molar-refractivity contribution in [2.75, 3.05) is 14.8 Å². The molecule has 0 fully saturated rings. The third kappa shape index (κ3) is 6.42. The van der Waals surface area contributed by atoms with E-state index in [1.807, 2.05) is 6.07 Å². The first kappa shape index (κ1) is 28.2. The van der Waals surface area contributed by atoms with E-state index in [0.29, 0.717) is 33.2 Å². The first-order chi connectivity index (χ1) is 18.4. The molecule has 202 valence electrons. The van der Waals surface area contributed by atoms with Crippen LogP contribution in [-0.2, 0) is 20.0 Å². The fraction of sp³-hybridized carbons (Fsp3) is 0.107. The van der Waals surface area contributed by atoms with Crippen molar-refractivity contribution in [3.8, 4) is 0 Å². The van der Waals surface area contributed by atoms with Crippen LogP contribution in [0, 0.1) is 20.8 Å². The minimum atomic E-state index is -3.96. The summed E-state index contributed by atoms with van der Waals surface area (Å²) < 4.78 is 56.9. The van der Waals surface area contributed by atoms with Gasteiger partial charge in [-0.05, 0) is 92.1 Å². The highest BCUT2D eigenvalue weighted by molar-refractivity contribution is 7.93. The monoisotopic (exact) mass is 583 g/mol. The third-order valence-electron chi connectivity index (χ3n) is 6.06. The van der Waals surface area contributed by atoms with Crippen LogP contribution in [0.2, 0.25) is 5.02 Å². The Hall–Kier alpha value is -3.86. The van der Waals surface area contributed by atoms with Gasteiger partial charge in [0.2, 0.25) is 0 Å². The quantitative estimate of drug-likeness (QED) is 0.231. The molecule has 3 N–H and O–H groups in total. The summed E-state index contributed by atoms with van der Waals surface area (Å²) in [7, 11) is -7.86. The lowest BCUT2D eigenvalue weighted by Gasteiger charge is -2.14. The van der Waals surface area contributed by atoms with E-state index in [4.69, 9.17) is 11.6 Å². The minimum absolute atomic E-state index is 0.00845. The Balaban J connectivity index is 1.51. The van der Waals surface area contributed by atoms with Crippen LogP contribution < -0.4 is 14.8 Å². The van der Waals surface area contributed by atoms with Crippen molar-refractivity contribution in [3.05, 3.63) is 112 Å². The second kappa shape index (κ2) is 11.1. The number of hydrogen-bond acceptors (Lipinski definition) is 5. The van der Waals surface area contributed by atoms with E-state index < -0.39 is 26.0 Å². The highest BCUT2D eigenvalue weighted by atomic mass is 35.5. The Bertz CT molecular complexity index is 1770. The number of anilines is 3. The summed E-state index contributed by atoms with van der Waals surface area (Å²) in [6.45, 7) is 5.14. The topological polar surface area (TPSA) is 121 Å². The summed E-state index contributed by atoms with van der Waals surface area (Å²) in [4.78, 5) is 12.9. The first-order valence-electron chi connectivity index (χ1n) is 11.8. The number of carbonyl (C=O) groups excluding carboxylic acids is 1. The van der Waals surface area contributed by atoms with Crippen molar-refractivity contribution in [3.63, 3.8) is 0 Å². The average Bonchev–Trinajstić information content (AvgIpc) is 2.88. The van der Waals surface area contributed by atoms with Gasteiger partial charge in [-0.2, -0.15) is 0 Å². The van der Waals surface area contributed by atoms with Crippen LogP contribution in [0.3, 0.4) is 0 Å². The van der Waals surface area contributed by atoms with E-state index in [9.17, 15) is 21.6 Å². The summed E-state index contributed by atoms with van der Waals surface area (Å²) in [5, 5.41) is 3.11. The molecule has 0 spiro atoms. The number of aryl methyl sites for hydroxylation is 2. The maximum atomic E-state index is 13.1. The standard InChI is InChI=1S/C28H26ClN3O5S2/c1-18-7-4-5-9-25(18)31-39(36,37)27-17-21(12-11-19(27)2)28(33)30-22-13-15-23(16-14-22)38(34,35)32-26-10-6-8-24(29)20(26)3/h4-17,31-32H,1-3H3,(H,30,33). The first-order valence-corrected chi connectivity index (χ1v) is 15.1. The van der Waals surface area contributed by atoms with E-state index in [1.54, 1.807) is 63.2 Å². The normalized spacial score (nSPS) is 11.6. The van der Waals surface area contributed by atoms with Gasteiger partial charge in [0.25, 0.3) is 26.0 Å². The molecule has 0 aliphatic rings. The molecule has 0 unspecified atom stereocenters. The van der Waals surface area contributed by atoms with Crippen molar-refractivity contribution in [2.45, 2.75) is 30.6 Å². The summed E-state index contributed by atoms with van der Waals surface area (Å²) in [6.07, 6.45) is 0. The number of benzene rings is 4. The zero-order chi connectivity index (χ0) is 28.4. The Morgan fingerprint density at radius 3 is 2.03 bits per heavy atom. The van der Waals surface area contributed by atoms with Gasteiger partial charge in [-0.1, -0.05) is 41.9 Å². The molecule has 4 aromatic rings. The van der Waals surface area contributed by atoms with Gasteiger partial charge in [0.1, 0.15) is 0 Å². The van der Waals surface area contributed by atoms with Crippen LogP contribution in [-0.4, -0.2) is 22.7 Å². The lowest BCUT2D eigenvalue weighted by Crippen LogP contribution is -2.17. The zero-order valence-electron chi connectivity index (χ0n) is 21.3. The fourth-order valence-corrected chi connectivity index (χ4v) is 6.46. The highest BCUT2D eigenvalue weighted by Crippen LogP contribution is 2.27. The molecule has 0 aliphatic heterocycles. The summed E-state index contributed by atoms with van der Waals surface area (Å²) in [6, 6.07) is 21.9. The van der Waals surface area contributed by atoms with Crippen LogP contribution in [0.5, 0.6) is 0 Å². The molecule has 0 aromatic heterocycles. The number of carbonyl (C=O) groups is 1. The van der Waals surface area contributed by atoms with Crippen molar-refractivity contribution in [1.29, 1.82) is 0 Å². The van der Waals surface area contributed by atoms with Crippen LogP contribution in [0.1, 0.15) is 27.0 Å². The lowest BCUT2D eigenvalue weighted by molar-refractivity contribution is 0.102. The number of nitrogens with one attached hydrogen (secondary N) is 3. The molecule has 39 heavy (non-hydrogen) atoms. The molecule has 4 aromatic carbocycles. The largest absolute Gasteiger partial charge is 0.322 e. The summed E-state index contributed by atoms with van der Waals surface area (Å²) >= 11 is 6.08. The van der Waals surface area contributed by atoms with Crippen LogP contribution in [0.15, 0.2) is 94.7 Å². The lowest BCUT2D eigenvalue weighted by atomic mass is 10.1. The zero-order valence-corrected chi connectivity index (χ0v) is 23.7. The molecule has 0 atom stereocenters. The van der Waals surface area contributed by atoms with Gasteiger partial charge in [-0.25, -0.2) is 16.8 Å². The fourth-order valence-electron chi connectivity index (χ4n) is 3.76. The van der Waals surface area contributed by atoms with Gasteiger partial charge in [0.05, 0.1) is 21.2 Å². The molecule has 0 saturated carbocycles. The molecule has 0 aliphatic carbocycles. The number of halogens is 1. The molecule has 0 saturated heterocycles. The van der Waals surface area contributed by atoms with Gasteiger partial charge in [-0.15, -0.1) is 0 Å². The number of rotatable bonds is 8. The SMILES string of the molecule is Cc1ccccc1NS(=O)(=O)c1cc(C(=O)Nc2ccc(S(=O)(=O)Nc3cccc(Cl)c3C)cc2)ccc1C. The van der Waals surface area contributed by atoms with Gasteiger partial charge >= 0.3 is 0 Å². The number of amides is 1. The smallest absolute Gasteiger partial charge is 0.262 e. The van der Waals surface area contributed by atoms with Crippen molar-refractivity contribution >= 4 is 54.6 Å². The van der Waals surface area contributed by atoms with E-state index >= 15 is 0 Å². The second-order valence-electron chi connectivity index (χ2n) is 8.90.